The van der Waals surface area contributed by atoms with Gasteiger partial charge in [-0.2, -0.15) is 21.0 Å². The minimum absolute atomic E-state index is 0.527. The molecule has 15 nitrogen and oxygen atoms in total. The molecule has 0 aliphatic rings. The maximum atomic E-state index is 10.2. The van der Waals surface area contributed by atoms with Gasteiger partial charge >= 0.3 is 0 Å². The molecule has 27 rings (SSSR count). The summed E-state index contributed by atoms with van der Waals surface area (Å²) in [5.74, 6) is 0. The molecule has 15 heteroatoms. The molecule has 27 aromatic rings. The third-order valence-corrected chi connectivity index (χ3v) is 28.8. The third-order valence-electron chi connectivity index (χ3n) is 28.8. The summed E-state index contributed by atoms with van der Waals surface area (Å²) in [5, 5.41) is 51.7. The van der Waals surface area contributed by atoms with Crippen LogP contribution in [0.4, 0.5) is 28.4 Å². The van der Waals surface area contributed by atoms with Crippen LogP contribution in [-0.4, -0.2) is 27.4 Å². The Kier molecular flexibility index (Phi) is 22.0. The van der Waals surface area contributed by atoms with Gasteiger partial charge in [0.2, 0.25) is 0 Å². The highest BCUT2D eigenvalue weighted by molar-refractivity contribution is 6.17. The Balaban J connectivity index is 0.000000116. The summed E-state index contributed by atoms with van der Waals surface area (Å²) in [5.41, 5.74) is 35.6. The second kappa shape index (κ2) is 37.0. The summed E-state index contributed by atoms with van der Waals surface area (Å²) in [4.78, 5) is 18.8. The molecule has 0 saturated heterocycles. The summed E-state index contributed by atoms with van der Waals surface area (Å²) in [6.45, 7) is 38.9. The maximum absolute atomic E-state index is 10.2. The van der Waals surface area contributed by atoms with Gasteiger partial charge in [0.25, 0.3) is 0 Å². The van der Waals surface area contributed by atoms with E-state index in [1.165, 1.54) is 0 Å². The molecule has 0 amide bonds. The van der Waals surface area contributed by atoms with Gasteiger partial charge in [0.05, 0.1) is 134 Å². The Morgan fingerprint density at radius 1 is 0.167 bits per heavy atom. The molecular weight excluding hydrogens is 1830 g/mol. The summed E-state index contributed by atoms with van der Waals surface area (Å²) < 4.78 is 13.3. The Labute approximate surface area is 861 Å². The molecule has 0 spiro atoms. The van der Waals surface area contributed by atoms with Gasteiger partial charge in [0.1, 0.15) is 6.07 Å². The summed E-state index contributed by atoms with van der Waals surface area (Å²) in [6, 6.07) is 163. The Morgan fingerprint density at radius 2 is 0.420 bits per heavy atom. The molecule has 6 aromatic heterocycles. The fourth-order valence-corrected chi connectivity index (χ4v) is 22.2. The molecule has 0 saturated carbocycles. The molecule has 0 fully saturated rings. The highest BCUT2D eigenvalue weighted by Crippen LogP contribution is 2.49. The zero-order chi connectivity index (χ0) is 101. The smallest absolute Gasteiger partial charge is 0.189 e. The lowest BCUT2D eigenvalue weighted by Crippen LogP contribution is -1.99. The van der Waals surface area contributed by atoms with Crippen molar-refractivity contribution in [3.8, 4) is 125 Å². The minimum Gasteiger partial charge on any atom is -0.311 e. The van der Waals surface area contributed by atoms with Gasteiger partial charge in [0, 0.05) is 116 Å². The molecule has 0 aliphatic carbocycles. The summed E-state index contributed by atoms with van der Waals surface area (Å²) in [6.07, 6.45) is 0. The monoisotopic (exact) mass is 1910 g/mol. The average Bonchev–Trinajstić information content (AvgIpc) is 1.58. The van der Waals surface area contributed by atoms with Crippen molar-refractivity contribution in [3.05, 3.63) is 534 Å². The molecule has 0 aliphatic heterocycles. The van der Waals surface area contributed by atoms with E-state index in [0.717, 1.165) is 232 Å². The van der Waals surface area contributed by atoms with E-state index in [0.29, 0.717) is 50.7 Å². The number of para-hydroxylation sites is 7. The number of aromatic nitrogens is 6. The molecule has 0 N–H and O–H groups in total. The minimum atomic E-state index is 0.527. The second-order valence-electron chi connectivity index (χ2n) is 36.8. The van der Waals surface area contributed by atoms with Gasteiger partial charge in [-0.1, -0.05) is 285 Å². The first-order valence-corrected chi connectivity index (χ1v) is 48.7. The third kappa shape index (κ3) is 14.9. The van der Waals surface area contributed by atoms with E-state index in [1.807, 2.05) is 237 Å². The number of nitrogens with zero attached hydrogens (tertiary/aromatic N) is 15. The zero-order valence-corrected chi connectivity index (χ0v) is 80.0. The van der Waals surface area contributed by atoms with Crippen LogP contribution in [0.1, 0.15) is 22.3 Å². The summed E-state index contributed by atoms with van der Waals surface area (Å²) in [7, 11) is 0. The standard InChI is InChI=1S/3C45H25N5/c1-47-31-18-22-38(44(26-31)50-42-14-8-5-11-36(42)39-23-19-32(48-2)27-45(39)50)35-10-4-3-9-34(35)30-16-20-33(21-17-30)49-41-13-7-6-12-37(41)40-25-29(28-46)15-24-43(40)49;1-47-31-19-24-44-40(26-31)37-12-6-8-14-42(37)50(44)45-27-32(48-2)18-22-38(45)35-10-4-3-9-34(35)30-16-20-33(21-17-30)49-41-13-7-5-11-36(41)39-25-29(28-46)15-23-43(39)49;1-48-32-20-23-38(44(26-32)50-42-16-7-4-12-36(42)39-14-8-9-31(28-47)45(39)50)35-11-3-2-10-34(35)30-18-21-33(22-19-30)49-41-15-6-5-13-37(41)40-25-29(27-46)17-24-43(40)49/h2*3-27H;2-26H. The van der Waals surface area contributed by atoms with Crippen LogP contribution in [0.15, 0.2) is 455 Å². The van der Waals surface area contributed by atoms with E-state index in [1.54, 1.807) is 0 Å². The van der Waals surface area contributed by atoms with Crippen LogP contribution in [-0.2, 0) is 0 Å². The molecule has 690 valence electrons. The van der Waals surface area contributed by atoms with Crippen molar-refractivity contribution >= 4 is 159 Å². The van der Waals surface area contributed by atoms with Gasteiger partial charge in [-0.15, -0.1) is 0 Å². The molecule has 0 unspecified atom stereocenters. The van der Waals surface area contributed by atoms with Crippen molar-refractivity contribution in [3.63, 3.8) is 0 Å². The zero-order valence-electron chi connectivity index (χ0n) is 80.0. The van der Waals surface area contributed by atoms with Gasteiger partial charge < -0.3 is 27.4 Å². The number of nitriles is 4. The SMILES string of the molecule is [C-]#[N+]c1ccc(-c2ccccc2-c2ccc(-n3c4ccccc4c4cc(C#N)ccc43)cc2)c(-n2c3ccccc3c3cc([N+]#[C-])ccc32)c1.[C-]#[N+]c1ccc(-c2ccccc2-c2ccc(-n3c4ccccc4c4cc(C#N)ccc43)cc2)c(-n2c3ccccc3c3ccc([N+]#[C-])cc32)c1.[C-]#[N+]c1ccc(-c2ccccc2-c2ccc(-n3c4ccccc4c4cc(C#N)ccc43)cc2)c(-n2c3ccccc3c3cccc(C#N)c32)c1. The van der Waals surface area contributed by atoms with Crippen molar-refractivity contribution in [1.82, 2.24) is 27.4 Å². The normalized spacial score (nSPS) is 11.1. The number of fused-ring (bicyclic) bond motifs is 18. The molecule has 0 atom stereocenters. The number of benzene rings is 21. The highest BCUT2D eigenvalue weighted by Gasteiger charge is 2.27. The van der Waals surface area contributed by atoms with Gasteiger partial charge in [-0.3, -0.25) is 0 Å². The molecule has 150 heavy (non-hydrogen) atoms. The molecular formula is C135H75N15. The molecule has 21 aromatic carbocycles. The predicted molar refractivity (Wildman–Crippen MR) is 608 cm³/mol. The van der Waals surface area contributed by atoms with Crippen LogP contribution in [0.3, 0.4) is 0 Å². The largest absolute Gasteiger partial charge is 0.311 e. The first-order valence-electron chi connectivity index (χ1n) is 48.7. The number of hydrogen-bond donors (Lipinski definition) is 0. The average molecular weight is 1910 g/mol. The van der Waals surface area contributed by atoms with Crippen molar-refractivity contribution in [2.24, 2.45) is 0 Å². The molecule has 6 heterocycles. The van der Waals surface area contributed by atoms with E-state index >= 15 is 0 Å². The van der Waals surface area contributed by atoms with E-state index in [9.17, 15) is 21.0 Å². The van der Waals surface area contributed by atoms with Gasteiger partial charge in [-0.05, 0) is 225 Å². The van der Waals surface area contributed by atoms with E-state index in [2.05, 4.69) is 294 Å². The lowest BCUT2D eigenvalue weighted by Gasteiger charge is -2.18. The Morgan fingerprint density at radius 3 is 0.780 bits per heavy atom. The van der Waals surface area contributed by atoms with Crippen molar-refractivity contribution in [1.29, 1.82) is 21.0 Å². The maximum Gasteiger partial charge on any atom is 0.189 e. The van der Waals surface area contributed by atoms with Crippen LogP contribution in [0.2, 0.25) is 0 Å². The Bertz CT molecular complexity index is 10800. The van der Waals surface area contributed by atoms with Crippen LogP contribution in [0, 0.1) is 78.2 Å². The lowest BCUT2D eigenvalue weighted by molar-refractivity contribution is 1.18. The van der Waals surface area contributed by atoms with Crippen LogP contribution >= 0.6 is 0 Å². The van der Waals surface area contributed by atoms with Gasteiger partial charge in [-0.25, -0.2) is 24.2 Å². The topological polar surface area (TPSA) is 147 Å². The fourth-order valence-electron chi connectivity index (χ4n) is 22.2. The van der Waals surface area contributed by atoms with E-state index < -0.39 is 0 Å². The summed E-state index contributed by atoms with van der Waals surface area (Å²) >= 11 is 0. The Hall–Kier alpha value is -22.2. The van der Waals surface area contributed by atoms with E-state index in [-0.39, 0.29) is 0 Å². The van der Waals surface area contributed by atoms with Crippen molar-refractivity contribution in [2.45, 2.75) is 0 Å². The number of hydrogen-bond acceptors (Lipinski definition) is 4. The first-order chi connectivity index (χ1) is 74.0. The van der Waals surface area contributed by atoms with E-state index in [4.69, 9.17) is 32.9 Å². The van der Waals surface area contributed by atoms with Crippen LogP contribution < -0.4 is 0 Å². The fraction of sp³-hybridized carbons (Fsp3) is 0. The highest BCUT2D eigenvalue weighted by atomic mass is 15.0. The van der Waals surface area contributed by atoms with Gasteiger partial charge in [0.15, 0.2) is 28.4 Å². The quantitative estimate of drug-likeness (QED) is 0.112. The van der Waals surface area contributed by atoms with Crippen LogP contribution in [0.5, 0.6) is 0 Å². The number of rotatable bonds is 12. The van der Waals surface area contributed by atoms with Crippen molar-refractivity contribution < 1.29 is 0 Å². The van der Waals surface area contributed by atoms with Crippen molar-refractivity contribution in [2.75, 3.05) is 0 Å². The predicted octanol–water partition coefficient (Wildman–Crippen LogP) is 35.9. The second-order valence-corrected chi connectivity index (χ2v) is 36.8. The molecule has 0 bridgehead atoms. The first kappa shape index (κ1) is 89.2. The molecule has 0 radical (unpaired) electrons. The lowest BCUT2D eigenvalue weighted by atomic mass is 9.93. The van der Waals surface area contributed by atoms with Crippen LogP contribution in [0.25, 0.3) is 256 Å².